The van der Waals surface area contributed by atoms with Crippen LogP contribution in [0.2, 0.25) is 0 Å². The number of rotatable bonds is 4. The summed E-state index contributed by atoms with van der Waals surface area (Å²) in [7, 11) is 2.79. The first kappa shape index (κ1) is 15.3. The van der Waals surface area contributed by atoms with Crippen molar-refractivity contribution in [2.24, 2.45) is 0 Å². The summed E-state index contributed by atoms with van der Waals surface area (Å²) in [5.41, 5.74) is -0.229. The molecule has 0 N–H and O–H groups in total. The molecule has 0 aliphatic carbocycles. The summed E-state index contributed by atoms with van der Waals surface area (Å²) >= 11 is 3.26. The molecule has 4 nitrogen and oxygen atoms in total. The van der Waals surface area contributed by atoms with Crippen molar-refractivity contribution in [2.45, 2.75) is 0 Å². The van der Waals surface area contributed by atoms with Crippen LogP contribution in [0.5, 0.6) is 17.2 Å². The summed E-state index contributed by atoms with van der Waals surface area (Å²) in [6.45, 7) is 0. The molecule has 2 rings (SSSR count). The quantitative estimate of drug-likeness (QED) is 0.618. The van der Waals surface area contributed by atoms with Gasteiger partial charge in [0.15, 0.2) is 11.5 Å². The van der Waals surface area contributed by atoms with Crippen molar-refractivity contribution in [1.29, 1.82) is 0 Å². The Balaban J connectivity index is 2.31. The Morgan fingerprint density at radius 3 is 2.38 bits per heavy atom. The molecule has 110 valence electrons. The lowest BCUT2D eigenvalue weighted by Gasteiger charge is -2.10. The number of benzene rings is 2. The van der Waals surface area contributed by atoms with Gasteiger partial charge in [0, 0.05) is 16.6 Å². The van der Waals surface area contributed by atoms with Gasteiger partial charge < -0.3 is 14.2 Å². The Morgan fingerprint density at radius 1 is 1.10 bits per heavy atom. The summed E-state index contributed by atoms with van der Waals surface area (Å²) < 4.78 is 29.8. The second-order valence-corrected chi connectivity index (χ2v) is 4.95. The van der Waals surface area contributed by atoms with Gasteiger partial charge in [0.2, 0.25) is 0 Å². The minimum Gasteiger partial charge on any atom is -0.493 e. The molecule has 0 aliphatic heterocycles. The normalized spacial score (nSPS) is 10.1. The first-order chi connectivity index (χ1) is 10.0. The highest BCUT2D eigenvalue weighted by Crippen LogP contribution is 2.30. The number of halogens is 2. The summed E-state index contributed by atoms with van der Waals surface area (Å²) in [6.07, 6.45) is 0. The highest BCUT2D eigenvalue weighted by atomic mass is 79.9. The molecule has 0 amide bonds. The Kier molecular flexibility index (Phi) is 4.80. The Hall–Kier alpha value is -2.08. The monoisotopic (exact) mass is 354 g/mol. The Morgan fingerprint density at radius 2 is 1.76 bits per heavy atom. The van der Waals surface area contributed by atoms with E-state index in [-0.39, 0.29) is 17.1 Å². The van der Waals surface area contributed by atoms with Gasteiger partial charge in [-0.25, -0.2) is 9.18 Å². The third-order valence-corrected chi connectivity index (χ3v) is 3.19. The molecule has 6 heteroatoms. The first-order valence-electron chi connectivity index (χ1n) is 5.94. The molecule has 0 aliphatic rings. The van der Waals surface area contributed by atoms with Gasteiger partial charge >= 0.3 is 5.97 Å². The maximum absolute atomic E-state index is 13.9. The zero-order chi connectivity index (χ0) is 15.4. The number of hydrogen-bond donors (Lipinski definition) is 0. The molecular weight excluding hydrogens is 343 g/mol. The molecule has 21 heavy (non-hydrogen) atoms. The van der Waals surface area contributed by atoms with Crippen LogP contribution in [0.1, 0.15) is 10.4 Å². The van der Waals surface area contributed by atoms with Crippen LogP contribution in [-0.4, -0.2) is 20.2 Å². The molecule has 0 unspecified atom stereocenters. The fraction of sp³-hybridized carbons (Fsp3) is 0.133. The first-order valence-corrected chi connectivity index (χ1v) is 6.73. The van der Waals surface area contributed by atoms with Gasteiger partial charge in [-0.3, -0.25) is 0 Å². The van der Waals surface area contributed by atoms with Gasteiger partial charge in [0.25, 0.3) is 0 Å². The zero-order valence-electron chi connectivity index (χ0n) is 11.4. The summed E-state index contributed by atoms with van der Waals surface area (Å²) in [4.78, 5) is 12.0. The maximum Gasteiger partial charge on any atom is 0.346 e. The average Bonchev–Trinajstić information content (AvgIpc) is 2.46. The molecule has 0 bridgehead atoms. The molecule has 0 spiro atoms. The van der Waals surface area contributed by atoms with Crippen molar-refractivity contribution in [3.63, 3.8) is 0 Å². The largest absolute Gasteiger partial charge is 0.493 e. The third kappa shape index (κ3) is 3.52. The topological polar surface area (TPSA) is 44.8 Å². The van der Waals surface area contributed by atoms with E-state index < -0.39 is 11.8 Å². The van der Waals surface area contributed by atoms with E-state index in [0.29, 0.717) is 5.75 Å². The Bertz CT molecular complexity index is 673. The summed E-state index contributed by atoms with van der Waals surface area (Å²) in [5.74, 6) is -0.795. The van der Waals surface area contributed by atoms with Gasteiger partial charge in [-0.2, -0.15) is 0 Å². The van der Waals surface area contributed by atoms with E-state index in [1.165, 1.54) is 20.3 Å². The third-order valence-electron chi connectivity index (χ3n) is 2.70. The van der Waals surface area contributed by atoms with Crippen molar-refractivity contribution in [2.75, 3.05) is 14.2 Å². The predicted octanol–water partition coefficient (Wildman–Crippen LogP) is 3.82. The number of methoxy groups -OCH3 is 2. The molecular formula is C15H12BrFO4. The molecule has 0 saturated carbocycles. The lowest BCUT2D eigenvalue weighted by molar-refractivity contribution is 0.0729. The van der Waals surface area contributed by atoms with E-state index in [2.05, 4.69) is 15.9 Å². The van der Waals surface area contributed by atoms with Crippen LogP contribution in [0.4, 0.5) is 4.39 Å². The van der Waals surface area contributed by atoms with E-state index in [0.717, 1.165) is 10.5 Å². The van der Waals surface area contributed by atoms with Crippen LogP contribution in [-0.2, 0) is 0 Å². The van der Waals surface area contributed by atoms with Crippen molar-refractivity contribution in [1.82, 2.24) is 0 Å². The molecule has 2 aromatic carbocycles. The maximum atomic E-state index is 13.9. The van der Waals surface area contributed by atoms with Crippen molar-refractivity contribution in [3.05, 3.63) is 52.3 Å². The predicted molar refractivity (Wildman–Crippen MR) is 78.6 cm³/mol. The zero-order valence-corrected chi connectivity index (χ0v) is 12.9. The molecule has 0 radical (unpaired) electrons. The lowest BCUT2D eigenvalue weighted by atomic mass is 10.2. The van der Waals surface area contributed by atoms with Gasteiger partial charge in [-0.15, -0.1) is 0 Å². The van der Waals surface area contributed by atoms with Crippen molar-refractivity contribution in [3.8, 4) is 17.2 Å². The van der Waals surface area contributed by atoms with Crippen LogP contribution < -0.4 is 14.2 Å². The second kappa shape index (κ2) is 6.58. The highest BCUT2D eigenvalue weighted by Gasteiger charge is 2.19. The highest BCUT2D eigenvalue weighted by molar-refractivity contribution is 9.10. The SMILES string of the molecule is COc1cc(F)c(C(=O)Oc2cccc(Br)c2)cc1OC. The molecule has 2 aromatic rings. The second-order valence-electron chi connectivity index (χ2n) is 4.03. The summed E-state index contributed by atoms with van der Waals surface area (Å²) in [6, 6.07) is 9.02. The molecule has 0 heterocycles. The Labute approximate surface area is 129 Å². The van der Waals surface area contributed by atoms with E-state index in [1.54, 1.807) is 24.3 Å². The van der Waals surface area contributed by atoms with Crippen LogP contribution in [0.3, 0.4) is 0 Å². The minimum atomic E-state index is -0.813. The van der Waals surface area contributed by atoms with Crippen molar-refractivity contribution < 1.29 is 23.4 Å². The fourth-order valence-electron chi connectivity index (χ4n) is 1.70. The van der Waals surface area contributed by atoms with Crippen LogP contribution in [0.25, 0.3) is 0 Å². The standard InChI is InChI=1S/C15H12BrFO4/c1-19-13-7-11(12(17)8-14(13)20-2)15(18)21-10-5-3-4-9(16)6-10/h3-8H,1-2H3. The van der Waals surface area contributed by atoms with E-state index >= 15 is 0 Å². The van der Waals surface area contributed by atoms with Gasteiger partial charge in [-0.1, -0.05) is 22.0 Å². The minimum absolute atomic E-state index is 0.203. The van der Waals surface area contributed by atoms with Gasteiger partial charge in [0.05, 0.1) is 19.8 Å². The van der Waals surface area contributed by atoms with E-state index in [9.17, 15) is 9.18 Å². The lowest BCUT2D eigenvalue weighted by Crippen LogP contribution is -2.11. The van der Waals surface area contributed by atoms with Crippen LogP contribution in [0.15, 0.2) is 40.9 Å². The van der Waals surface area contributed by atoms with Crippen LogP contribution >= 0.6 is 15.9 Å². The molecule has 0 atom stereocenters. The number of esters is 1. The van der Waals surface area contributed by atoms with Crippen LogP contribution in [0, 0.1) is 5.82 Å². The van der Waals surface area contributed by atoms with Crippen molar-refractivity contribution >= 4 is 21.9 Å². The number of carbonyl (C=O) groups is 1. The fourth-order valence-corrected chi connectivity index (χ4v) is 2.08. The summed E-state index contributed by atoms with van der Waals surface area (Å²) in [5, 5.41) is 0. The van der Waals surface area contributed by atoms with Gasteiger partial charge in [0.1, 0.15) is 11.6 Å². The molecule has 0 aromatic heterocycles. The molecule has 0 fully saturated rings. The number of carbonyl (C=O) groups excluding carboxylic acids is 1. The van der Waals surface area contributed by atoms with Gasteiger partial charge in [-0.05, 0) is 18.2 Å². The van der Waals surface area contributed by atoms with E-state index in [1.807, 2.05) is 0 Å². The molecule has 0 saturated heterocycles. The smallest absolute Gasteiger partial charge is 0.346 e. The number of hydrogen-bond acceptors (Lipinski definition) is 4. The van der Waals surface area contributed by atoms with E-state index in [4.69, 9.17) is 14.2 Å². The number of ether oxygens (including phenoxy) is 3. The average molecular weight is 355 g/mol.